The monoisotopic (exact) mass is 350 g/mol. The fourth-order valence-corrected chi connectivity index (χ4v) is 3.18. The van der Waals surface area contributed by atoms with Gasteiger partial charge in [-0.2, -0.15) is 5.10 Å². The largest absolute Gasteiger partial charge is 0.255 e. The number of aryl methyl sites for hydroxylation is 2. The number of rotatable bonds is 8. The van der Waals surface area contributed by atoms with Gasteiger partial charge in [-0.15, -0.1) is 0 Å². The van der Waals surface area contributed by atoms with Crippen LogP contribution in [-0.2, 0) is 23.6 Å². The maximum absolute atomic E-state index is 12.0. The Kier molecular flexibility index (Phi) is 6.08. The number of hydrogen-bond donors (Lipinski definition) is 1. The first kappa shape index (κ1) is 18.1. The van der Waals surface area contributed by atoms with E-state index in [-0.39, 0.29) is 5.75 Å². The first-order valence-corrected chi connectivity index (χ1v) is 9.51. The average molecular weight is 350 g/mol. The van der Waals surface area contributed by atoms with E-state index in [2.05, 4.69) is 19.5 Å². The summed E-state index contributed by atoms with van der Waals surface area (Å²) >= 11 is 0. The summed E-state index contributed by atoms with van der Waals surface area (Å²) in [5, 5.41) is 3.93. The van der Waals surface area contributed by atoms with E-state index >= 15 is 0 Å². The van der Waals surface area contributed by atoms with Gasteiger partial charge in [0.05, 0.1) is 30.8 Å². The lowest BCUT2D eigenvalue weighted by Crippen LogP contribution is -2.29. The van der Waals surface area contributed by atoms with Crippen LogP contribution in [-0.4, -0.2) is 29.4 Å². The Morgan fingerprint density at radius 2 is 2.17 bits per heavy atom. The maximum atomic E-state index is 12.0. The van der Waals surface area contributed by atoms with Crippen LogP contribution in [0.4, 0.5) is 0 Å². The van der Waals surface area contributed by atoms with Crippen LogP contribution in [0.2, 0.25) is 0 Å². The van der Waals surface area contributed by atoms with Crippen molar-refractivity contribution in [3.05, 3.63) is 48.3 Å². The second-order valence-corrected chi connectivity index (χ2v) is 7.50. The third-order valence-corrected chi connectivity index (χ3v) is 5.04. The zero-order chi connectivity index (χ0) is 17.6. The van der Waals surface area contributed by atoms with E-state index in [4.69, 9.17) is 0 Å². The topological polar surface area (TPSA) is 80.2 Å². The lowest BCUT2D eigenvalue weighted by molar-refractivity contribution is -0.677. The molecular weight excluding hydrogens is 326 g/mol. The van der Waals surface area contributed by atoms with E-state index in [1.165, 1.54) is 0 Å². The molecule has 24 heavy (non-hydrogen) atoms. The van der Waals surface area contributed by atoms with Gasteiger partial charge < -0.3 is 0 Å². The van der Waals surface area contributed by atoms with Crippen molar-refractivity contribution in [2.24, 2.45) is 12.1 Å². The van der Waals surface area contributed by atoms with E-state index in [1.54, 1.807) is 25.3 Å². The number of sulfonamides is 1. The molecule has 0 spiro atoms. The maximum Gasteiger partial charge on any atom is 0.253 e. The van der Waals surface area contributed by atoms with Gasteiger partial charge in [0.2, 0.25) is 10.0 Å². The summed E-state index contributed by atoms with van der Waals surface area (Å²) in [5.41, 5.74) is 1.19. The lowest BCUT2D eigenvalue weighted by atomic mass is 10.3. The molecule has 0 aliphatic heterocycles. The first-order chi connectivity index (χ1) is 11.4. The standard InChI is InChI=1S/C16H24N5O2S/c1-14(16-8-4-5-9-17-16)18-19-24(22,23)13-7-6-10-21-12-11-20(3)15(21)2/h4-5,8-9,11-12,19H,6-7,10,13H2,1-3H3/q+1/b18-14+. The molecule has 0 radical (unpaired) electrons. The van der Waals surface area contributed by atoms with Crippen LogP contribution in [0.3, 0.4) is 0 Å². The SMILES string of the molecule is C/C(=N\NS(=O)(=O)CCCCn1cc[n+](C)c1C)c1ccccn1. The minimum Gasteiger partial charge on any atom is -0.255 e. The van der Waals surface area contributed by atoms with Crippen molar-refractivity contribution in [1.29, 1.82) is 0 Å². The highest BCUT2D eigenvalue weighted by Crippen LogP contribution is 2.01. The Labute approximate surface area is 143 Å². The molecule has 0 unspecified atom stereocenters. The van der Waals surface area contributed by atoms with Gasteiger partial charge in [0.1, 0.15) is 12.4 Å². The van der Waals surface area contributed by atoms with Crippen LogP contribution in [0.5, 0.6) is 0 Å². The highest BCUT2D eigenvalue weighted by Gasteiger charge is 2.11. The Balaban J connectivity index is 1.80. The Morgan fingerprint density at radius 1 is 1.38 bits per heavy atom. The number of hydrogen-bond acceptors (Lipinski definition) is 4. The second kappa shape index (κ2) is 8.05. The summed E-state index contributed by atoms with van der Waals surface area (Å²) in [5.74, 6) is 1.20. The van der Waals surface area contributed by atoms with Crippen molar-refractivity contribution in [2.45, 2.75) is 33.2 Å². The van der Waals surface area contributed by atoms with E-state index in [9.17, 15) is 8.42 Å². The number of aromatic nitrogens is 3. The molecule has 0 amide bonds. The predicted molar refractivity (Wildman–Crippen MR) is 92.9 cm³/mol. The Hall–Kier alpha value is -2.22. The molecule has 2 aromatic heterocycles. The lowest BCUT2D eigenvalue weighted by Gasteiger charge is -2.05. The van der Waals surface area contributed by atoms with Crippen molar-refractivity contribution >= 4 is 15.7 Å². The van der Waals surface area contributed by atoms with E-state index < -0.39 is 10.0 Å². The predicted octanol–water partition coefficient (Wildman–Crippen LogP) is 1.14. The van der Waals surface area contributed by atoms with Crippen LogP contribution in [0.1, 0.15) is 31.3 Å². The third kappa shape index (κ3) is 5.16. The van der Waals surface area contributed by atoms with Gasteiger partial charge in [-0.3, -0.25) is 4.98 Å². The average Bonchev–Trinajstić information content (AvgIpc) is 2.89. The molecule has 0 atom stereocenters. The fraction of sp³-hybridized carbons (Fsp3) is 0.438. The van der Waals surface area contributed by atoms with Crippen LogP contribution in [0.25, 0.3) is 0 Å². The van der Waals surface area contributed by atoms with Gasteiger partial charge in [0.15, 0.2) is 0 Å². The molecule has 8 heteroatoms. The molecule has 0 saturated heterocycles. The smallest absolute Gasteiger partial charge is 0.253 e. The summed E-state index contributed by atoms with van der Waals surface area (Å²) in [6.45, 7) is 4.56. The molecule has 7 nitrogen and oxygen atoms in total. The molecule has 0 aliphatic rings. The fourth-order valence-electron chi connectivity index (χ4n) is 2.23. The highest BCUT2D eigenvalue weighted by molar-refractivity contribution is 7.89. The van der Waals surface area contributed by atoms with Gasteiger partial charge in [0.25, 0.3) is 5.82 Å². The zero-order valence-corrected chi connectivity index (χ0v) is 15.1. The molecule has 0 aliphatic carbocycles. The van der Waals surface area contributed by atoms with E-state index in [0.29, 0.717) is 17.8 Å². The van der Waals surface area contributed by atoms with Crippen LogP contribution < -0.4 is 9.40 Å². The van der Waals surface area contributed by atoms with Gasteiger partial charge in [-0.25, -0.2) is 22.4 Å². The summed E-state index contributed by atoms with van der Waals surface area (Å²) in [6.07, 6.45) is 7.01. The first-order valence-electron chi connectivity index (χ1n) is 7.85. The number of unbranched alkanes of at least 4 members (excludes halogenated alkanes) is 1. The van der Waals surface area contributed by atoms with Crippen molar-refractivity contribution in [3.8, 4) is 0 Å². The van der Waals surface area contributed by atoms with Crippen molar-refractivity contribution in [1.82, 2.24) is 14.4 Å². The van der Waals surface area contributed by atoms with Crippen LogP contribution in [0, 0.1) is 6.92 Å². The van der Waals surface area contributed by atoms with E-state index in [1.807, 2.05) is 37.0 Å². The molecule has 2 rings (SSSR count). The zero-order valence-electron chi connectivity index (χ0n) is 14.3. The van der Waals surface area contributed by atoms with Crippen molar-refractivity contribution in [3.63, 3.8) is 0 Å². The quantitative estimate of drug-likeness (QED) is 0.335. The molecule has 0 bridgehead atoms. The summed E-state index contributed by atoms with van der Waals surface area (Å²) in [7, 11) is -1.44. The van der Waals surface area contributed by atoms with Gasteiger partial charge >= 0.3 is 0 Å². The van der Waals surface area contributed by atoms with Crippen LogP contribution >= 0.6 is 0 Å². The molecule has 0 aromatic carbocycles. The number of hydrazone groups is 1. The molecule has 130 valence electrons. The summed E-state index contributed by atoms with van der Waals surface area (Å²) < 4.78 is 28.1. The Morgan fingerprint density at radius 3 is 2.79 bits per heavy atom. The molecule has 2 aromatic rings. The van der Waals surface area contributed by atoms with Crippen LogP contribution in [0.15, 0.2) is 41.9 Å². The molecule has 1 N–H and O–H groups in total. The van der Waals surface area contributed by atoms with Gasteiger partial charge in [-0.05, 0) is 31.9 Å². The molecular formula is C16H24N5O2S+. The number of nitrogens with one attached hydrogen (secondary N) is 1. The minimum absolute atomic E-state index is 0.0540. The number of nitrogens with zero attached hydrogens (tertiary/aromatic N) is 4. The number of imidazole rings is 1. The third-order valence-electron chi connectivity index (χ3n) is 3.85. The molecule has 0 saturated carbocycles. The van der Waals surface area contributed by atoms with E-state index in [0.717, 1.165) is 18.8 Å². The molecule has 2 heterocycles. The molecule has 0 fully saturated rings. The number of pyridine rings is 1. The van der Waals surface area contributed by atoms with Crippen molar-refractivity contribution in [2.75, 3.05) is 5.75 Å². The van der Waals surface area contributed by atoms with Gasteiger partial charge in [0, 0.05) is 13.1 Å². The Bertz CT molecular complexity index is 797. The summed E-state index contributed by atoms with van der Waals surface area (Å²) in [4.78, 5) is 6.41. The van der Waals surface area contributed by atoms with Gasteiger partial charge in [-0.1, -0.05) is 6.07 Å². The normalized spacial score (nSPS) is 12.4. The second-order valence-electron chi connectivity index (χ2n) is 5.68. The summed E-state index contributed by atoms with van der Waals surface area (Å²) in [6, 6.07) is 5.42. The van der Waals surface area contributed by atoms with Crippen molar-refractivity contribution < 1.29 is 13.0 Å². The minimum atomic E-state index is -3.42. The highest BCUT2D eigenvalue weighted by atomic mass is 32.2.